The number of hydrogen-bond acceptors (Lipinski definition) is 3. The van der Waals surface area contributed by atoms with E-state index in [0.29, 0.717) is 6.54 Å². The van der Waals surface area contributed by atoms with E-state index in [0.717, 1.165) is 16.8 Å². The van der Waals surface area contributed by atoms with Gasteiger partial charge in [-0.3, -0.25) is 0 Å². The SMILES string of the molecule is C=Cn1cc(CNc2ccccc2C(C)O)cn1. The van der Waals surface area contributed by atoms with E-state index in [2.05, 4.69) is 17.0 Å². The van der Waals surface area contributed by atoms with Gasteiger partial charge in [-0.25, -0.2) is 4.68 Å². The first-order valence-electron chi connectivity index (χ1n) is 5.87. The number of benzene rings is 1. The van der Waals surface area contributed by atoms with Crippen molar-refractivity contribution in [3.05, 3.63) is 54.4 Å². The van der Waals surface area contributed by atoms with Gasteiger partial charge in [0.1, 0.15) is 0 Å². The van der Waals surface area contributed by atoms with Gasteiger partial charge in [-0.2, -0.15) is 5.10 Å². The van der Waals surface area contributed by atoms with Gasteiger partial charge < -0.3 is 10.4 Å². The van der Waals surface area contributed by atoms with Crippen molar-refractivity contribution in [2.75, 3.05) is 5.32 Å². The van der Waals surface area contributed by atoms with Gasteiger partial charge in [0.2, 0.25) is 0 Å². The first-order valence-corrected chi connectivity index (χ1v) is 5.87. The van der Waals surface area contributed by atoms with Crippen LogP contribution in [0.3, 0.4) is 0 Å². The molecule has 1 atom stereocenters. The maximum absolute atomic E-state index is 9.67. The predicted molar refractivity (Wildman–Crippen MR) is 73.0 cm³/mol. The highest BCUT2D eigenvalue weighted by Gasteiger charge is 2.06. The average molecular weight is 243 g/mol. The molecule has 0 fully saturated rings. The molecular formula is C14H17N3O. The molecule has 0 aliphatic heterocycles. The third kappa shape index (κ3) is 2.78. The lowest BCUT2D eigenvalue weighted by Crippen LogP contribution is -2.03. The van der Waals surface area contributed by atoms with Crippen molar-refractivity contribution in [1.29, 1.82) is 0 Å². The van der Waals surface area contributed by atoms with Crippen LogP contribution in [0.4, 0.5) is 5.69 Å². The van der Waals surface area contributed by atoms with Gasteiger partial charge >= 0.3 is 0 Å². The average Bonchev–Trinajstić information content (AvgIpc) is 2.84. The number of aliphatic hydroxyl groups excluding tert-OH is 1. The number of hydrogen-bond donors (Lipinski definition) is 2. The number of nitrogens with one attached hydrogen (secondary N) is 1. The second kappa shape index (κ2) is 5.51. The monoisotopic (exact) mass is 243 g/mol. The Morgan fingerprint density at radius 2 is 2.28 bits per heavy atom. The van der Waals surface area contributed by atoms with Crippen molar-refractivity contribution < 1.29 is 5.11 Å². The Morgan fingerprint density at radius 1 is 1.50 bits per heavy atom. The highest BCUT2D eigenvalue weighted by atomic mass is 16.3. The Morgan fingerprint density at radius 3 is 2.94 bits per heavy atom. The number of aliphatic hydroxyl groups is 1. The Balaban J connectivity index is 2.08. The first-order chi connectivity index (χ1) is 8.70. The van der Waals surface area contributed by atoms with Gasteiger partial charge in [0.25, 0.3) is 0 Å². The van der Waals surface area contributed by atoms with Crippen LogP contribution in [0.25, 0.3) is 6.20 Å². The van der Waals surface area contributed by atoms with E-state index >= 15 is 0 Å². The van der Waals surface area contributed by atoms with E-state index in [1.165, 1.54) is 0 Å². The summed E-state index contributed by atoms with van der Waals surface area (Å²) in [4.78, 5) is 0. The molecule has 1 aromatic heterocycles. The lowest BCUT2D eigenvalue weighted by Gasteiger charge is -2.13. The highest BCUT2D eigenvalue weighted by molar-refractivity contribution is 5.52. The van der Waals surface area contributed by atoms with Crippen LogP contribution in [-0.4, -0.2) is 14.9 Å². The number of para-hydroxylation sites is 1. The molecule has 0 bridgehead atoms. The zero-order chi connectivity index (χ0) is 13.0. The van der Waals surface area contributed by atoms with Gasteiger partial charge in [0.15, 0.2) is 0 Å². The van der Waals surface area contributed by atoms with Gasteiger partial charge in [0, 0.05) is 35.8 Å². The molecule has 1 heterocycles. The molecule has 4 heteroatoms. The fourth-order valence-corrected chi connectivity index (χ4v) is 1.79. The molecule has 18 heavy (non-hydrogen) atoms. The standard InChI is InChI=1S/C14H17N3O/c1-3-17-10-12(9-16-17)8-15-14-7-5-4-6-13(14)11(2)18/h3-7,9-11,15,18H,1,8H2,2H3. The normalized spacial score (nSPS) is 12.1. The van der Waals surface area contributed by atoms with Gasteiger partial charge in [-0.1, -0.05) is 24.8 Å². The summed E-state index contributed by atoms with van der Waals surface area (Å²) in [6.07, 6.45) is 4.86. The molecule has 0 saturated heterocycles. The summed E-state index contributed by atoms with van der Waals surface area (Å²) in [5, 5.41) is 17.1. The van der Waals surface area contributed by atoms with E-state index < -0.39 is 6.10 Å². The molecule has 0 saturated carbocycles. The lowest BCUT2D eigenvalue weighted by atomic mass is 10.1. The molecule has 2 rings (SSSR count). The zero-order valence-electron chi connectivity index (χ0n) is 10.4. The Labute approximate surface area is 107 Å². The maximum atomic E-state index is 9.67. The molecule has 0 aliphatic carbocycles. The van der Waals surface area contributed by atoms with Crippen molar-refractivity contribution in [2.24, 2.45) is 0 Å². The van der Waals surface area contributed by atoms with Crippen molar-refractivity contribution in [2.45, 2.75) is 19.6 Å². The topological polar surface area (TPSA) is 50.1 Å². The molecule has 1 aromatic carbocycles. The minimum Gasteiger partial charge on any atom is -0.389 e. The fourth-order valence-electron chi connectivity index (χ4n) is 1.79. The summed E-state index contributed by atoms with van der Waals surface area (Å²) in [5.41, 5.74) is 2.91. The van der Waals surface area contributed by atoms with Crippen LogP contribution < -0.4 is 5.32 Å². The fraction of sp³-hybridized carbons (Fsp3) is 0.214. The molecule has 0 spiro atoms. The van der Waals surface area contributed by atoms with Gasteiger partial charge in [-0.05, 0) is 13.0 Å². The van der Waals surface area contributed by atoms with Crippen LogP contribution in [0.1, 0.15) is 24.2 Å². The Kier molecular flexibility index (Phi) is 3.79. The largest absolute Gasteiger partial charge is 0.389 e. The van der Waals surface area contributed by atoms with Crippen LogP contribution >= 0.6 is 0 Å². The van der Waals surface area contributed by atoms with Crippen molar-refractivity contribution in [3.8, 4) is 0 Å². The van der Waals surface area contributed by atoms with Crippen molar-refractivity contribution in [1.82, 2.24) is 9.78 Å². The number of rotatable bonds is 5. The van der Waals surface area contributed by atoms with E-state index in [1.807, 2.05) is 30.5 Å². The molecule has 0 radical (unpaired) electrons. The summed E-state index contributed by atoms with van der Waals surface area (Å²) in [7, 11) is 0. The minimum atomic E-state index is -0.482. The van der Waals surface area contributed by atoms with E-state index in [-0.39, 0.29) is 0 Å². The Bertz CT molecular complexity index is 531. The van der Waals surface area contributed by atoms with Crippen molar-refractivity contribution in [3.63, 3.8) is 0 Å². The molecule has 2 aromatic rings. The summed E-state index contributed by atoms with van der Waals surface area (Å²) < 4.78 is 1.66. The molecule has 0 aliphatic rings. The minimum absolute atomic E-state index is 0.482. The molecule has 0 amide bonds. The summed E-state index contributed by atoms with van der Waals surface area (Å²) in [5.74, 6) is 0. The quantitative estimate of drug-likeness (QED) is 0.848. The van der Waals surface area contributed by atoms with E-state index in [1.54, 1.807) is 24.0 Å². The van der Waals surface area contributed by atoms with E-state index in [4.69, 9.17) is 0 Å². The maximum Gasteiger partial charge on any atom is 0.0781 e. The summed E-state index contributed by atoms with van der Waals surface area (Å²) in [6.45, 7) is 6.07. The molecule has 4 nitrogen and oxygen atoms in total. The van der Waals surface area contributed by atoms with E-state index in [9.17, 15) is 5.11 Å². The molecule has 1 unspecified atom stereocenters. The van der Waals surface area contributed by atoms with Crippen LogP contribution in [0.2, 0.25) is 0 Å². The molecular weight excluding hydrogens is 226 g/mol. The van der Waals surface area contributed by atoms with Crippen LogP contribution in [0, 0.1) is 0 Å². The lowest BCUT2D eigenvalue weighted by molar-refractivity contribution is 0.200. The number of aromatic nitrogens is 2. The number of nitrogens with zero attached hydrogens (tertiary/aromatic N) is 2. The third-order valence-electron chi connectivity index (χ3n) is 2.74. The van der Waals surface area contributed by atoms with Gasteiger partial charge in [0.05, 0.1) is 12.3 Å². The van der Waals surface area contributed by atoms with Crippen LogP contribution in [0.15, 0.2) is 43.2 Å². The van der Waals surface area contributed by atoms with Gasteiger partial charge in [-0.15, -0.1) is 0 Å². The molecule has 2 N–H and O–H groups in total. The Hall–Kier alpha value is -2.07. The van der Waals surface area contributed by atoms with Crippen LogP contribution in [0.5, 0.6) is 0 Å². The first kappa shape index (κ1) is 12.4. The smallest absolute Gasteiger partial charge is 0.0781 e. The van der Waals surface area contributed by atoms with Crippen LogP contribution in [-0.2, 0) is 6.54 Å². The number of anilines is 1. The van der Waals surface area contributed by atoms with Crippen molar-refractivity contribution >= 4 is 11.9 Å². The molecule has 94 valence electrons. The summed E-state index contributed by atoms with van der Waals surface area (Å²) in [6, 6.07) is 7.74. The second-order valence-corrected chi connectivity index (χ2v) is 4.13. The zero-order valence-corrected chi connectivity index (χ0v) is 10.4. The summed E-state index contributed by atoms with van der Waals surface area (Å²) >= 11 is 0. The predicted octanol–water partition coefficient (Wildman–Crippen LogP) is 2.65. The third-order valence-corrected chi connectivity index (χ3v) is 2.74. The second-order valence-electron chi connectivity index (χ2n) is 4.13. The highest BCUT2D eigenvalue weighted by Crippen LogP contribution is 2.22.